The van der Waals surface area contributed by atoms with Crippen LogP contribution in [0.2, 0.25) is 0 Å². The predicted molar refractivity (Wildman–Crippen MR) is 103 cm³/mol. The van der Waals surface area contributed by atoms with E-state index in [-0.39, 0.29) is 11.4 Å². The number of amides is 1. The van der Waals surface area contributed by atoms with Crippen molar-refractivity contribution in [3.8, 4) is 0 Å². The normalized spacial score (nSPS) is 24.5. The van der Waals surface area contributed by atoms with E-state index in [0.717, 1.165) is 30.9 Å². The number of aliphatic imine (C=N–C) groups is 1. The molecule has 1 aromatic carbocycles. The minimum atomic E-state index is -0.0271. The summed E-state index contributed by atoms with van der Waals surface area (Å²) in [5.74, 6) is 0.531. The molecule has 5 nitrogen and oxygen atoms in total. The molecule has 26 heavy (non-hydrogen) atoms. The second-order valence-corrected chi connectivity index (χ2v) is 7.69. The highest BCUT2D eigenvalue weighted by Gasteiger charge is 2.45. The van der Waals surface area contributed by atoms with Crippen LogP contribution in [0.1, 0.15) is 38.5 Å². The van der Waals surface area contributed by atoms with Crippen LogP contribution in [0.3, 0.4) is 0 Å². The number of amidine groups is 1. The van der Waals surface area contributed by atoms with Crippen molar-refractivity contribution in [3.05, 3.63) is 54.0 Å². The van der Waals surface area contributed by atoms with Crippen molar-refractivity contribution in [1.82, 2.24) is 10.2 Å². The monoisotopic (exact) mass is 348 g/mol. The third-order valence-corrected chi connectivity index (χ3v) is 6.13. The van der Waals surface area contributed by atoms with Gasteiger partial charge in [-0.2, -0.15) is 0 Å². The van der Waals surface area contributed by atoms with E-state index in [2.05, 4.69) is 15.2 Å². The number of nitrogens with one attached hydrogen (secondary N) is 1. The standard InChI is InChI=1S/C21H24N4O/c26-20-19-22-12-7-13-24(19)17-14-21(10-5-2-6-11-21)23-15-18(17)25(20)16-8-3-1-4-9-16/h1,3-4,7-9,12,23H,2,5-6,10-11,13-15H2. The highest BCUT2D eigenvalue weighted by atomic mass is 16.2. The molecule has 1 aromatic rings. The van der Waals surface area contributed by atoms with E-state index in [1.807, 2.05) is 41.3 Å². The van der Waals surface area contributed by atoms with Gasteiger partial charge in [0, 0.05) is 42.6 Å². The van der Waals surface area contributed by atoms with Crippen LogP contribution in [0, 0.1) is 0 Å². The van der Waals surface area contributed by atoms with Crippen molar-refractivity contribution in [3.63, 3.8) is 0 Å². The van der Waals surface area contributed by atoms with Gasteiger partial charge in [0.2, 0.25) is 0 Å². The summed E-state index contributed by atoms with van der Waals surface area (Å²) in [6.07, 6.45) is 11.1. The van der Waals surface area contributed by atoms with Crippen molar-refractivity contribution < 1.29 is 4.79 Å². The van der Waals surface area contributed by atoms with Gasteiger partial charge in [0.25, 0.3) is 5.91 Å². The van der Waals surface area contributed by atoms with Crippen molar-refractivity contribution in [2.45, 2.75) is 44.1 Å². The summed E-state index contributed by atoms with van der Waals surface area (Å²) in [6, 6.07) is 9.95. The molecule has 1 saturated carbocycles. The lowest BCUT2D eigenvalue weighted by Gasteiger charge is -2.49. The quantitative estimate of drug-likeness (QED) is 0.848. The first kappa shape index (κ1) is 15.8. The zero-order valence-corrected chi connectivity index (χ0v) is 14.9. The third-order valence-electron chi connectivity index (χ3n) is 6.13. The van der Waals surface area contributed by atoms with Crippen LogP contribution < -0.4 is 10.2 Å². The van der Waals surface area contributed by atoms with Gasteiger partial charge in [0.05, 0.1) is 5.70 Å². The van der Waals surface area contributed by atoms with Gasteiger partial charge in [-0.25, -0.2) is 4.99 Å². The SMILES string of the molecule is O=C1C2=NC=CCN2C2=C(CNC3(CCCCC3)C2)N1c1ccccc1. The van der Waals surface area contributed by atoms with Gasteiger partial charge in [-0.1, -0.05) is 37.5 Å². The Morgan fingerprint density at radius 1 is 1.04 bits per heavy atom. The molecule has 1 spiro atoms. The minimum Gasteiger partial charge on any atom is -0.320 e. The van der Waals surface area contributed by atoms with E-state index in [4.69, 9.17) is 0 Å². The van der Waals surface area contributed by atoms with Gasteiger partial charge < -0.3 is 10.2 Å². The number of nitrogens with zero attached hydrogens (tertiary/aromatic N) is 3. The summed E-state index contributed by atoms with van der Waals surface area (Å²) in [4.78, 5) is 21.7. The second kappa shape index (κ2) is 6.09. The summed E-state index contributed by atoms with van der Waals surface area (Å²) in [5.41, 5.74) is 3.47. The summed E-state index contributed by atoms with van der Waals surface area (Å²) >= 11 is 0. The van der Waals surface area contributed by atoms with Gasteiger partial charge in [-0.15, -0.1) is 0 Å². The van der Waals surface area contributed by atoms with Gasteiger partial charge in [-0.3, -0.25) is 9.69 Å². The van der Waals surface area contributed by atoms with E-state index in [0.29, 0.717) is 5.84 Å². The molecule has 4 aliphatic rings. The molecule has 3 heterocycles. The first-order chi connectivity index (χ1) is 12.8. The van der Waals surface area contributed by atoms with Crippen LogP contribution in [-0.2, 0) is 4.79 Å². The highest BCUT2D eigenvalue weighted by Crippen LogP contribution is 2.41. The zero-order valence-electron chi connectivity index (χ0n) is 14.9. The maximum absolute atomic E-state index is 13.2. The summed E-state index contributed by atoms with van der Waals surface area (Å²) in [7, 11) is 0. The molecule has 1 fully saturated rings. The van der Waals surface area contributed by atoms with E-state index in [1.165, 1.54) is 37.8 Å². The van der Waals surface area contributed by atoms with Gasteiger partial charge >= 0.3 is 0 Å². The lowest BCUT2D eigenvalue weighted by atomic mass is 9.76. The Bertz CT molecular complexity index is 818. The first-order valence-corrected chi connectivity index (χ1v) is 9.64. The van der Waals surface area contributed by atoms with E-state index in [1.54, 1.807) is 6.20 Å². The van der Waals surface area contributed by atoms with Crippen molar-refractivity contribution in [1.29, 1.82) is 0 Å². The Hall–Kier alpha value is -2.40. The lowest BCUT2D eigenvalue weighted by molar-refractivity contribution is -0.113. The molecule has 0 radical (unpaired) electrons. The predicted octanol–water partition coefficient (Wildman–Crippen LogP) is 3.17. The van der Waals surface area contributed by atoms with E-state index < -0.39 is 0 Å². The number of carbonyl (C=O) groups is 1. The summed E-state index contributed by atoms with van der Waals surface area (Å²) in [6.45, 7) is 1.48. The number of benzene rings is 1. The van der Waals surface area contributed by atoms with Gasteiger partial charge in [0.15, 0.2) is 5.84 Å². The summed E-state index contributed by atoms with van der Waals surface area (Å²) in [5, 5.41) is 3.81. The molecule has 0 bridgehead atoms. The maximum Gasteiger partial charge on any atom is 0.298 e. The highest BCUT2D eigenvalue weighted by molar-refractivity contribution is 6.45. The molecule has 3 aliphatic heterocycles. The molecule has 0 unspecified atom stereocenters. The summed E-state index contributed by atoms with van der Waals surface area (Å²) < 4.78 is 0. The fourth-order valence-electron chi connectivity index (χ4n) is 4.81. The average molecular weight is 348 g/mol. The fraction of sp³-hybridized carbons (Fsp3) is 0.429. The van der Waals surface area contributed by atoms with Crippen molar-refractivity contribution in [2.24, 2.45) is 4.99 Å². The van der Waals surface area contributed by atoms with E-state index in [9.17, 15) is 4.79 Å². The molecule has 0 aromatic heterocycles. The topological polar surface area (TPSA) is 47.9 Å². The number of fused-ring (bicyclic) bond motifs is 2. The van der Waals surface area contributed by atoms with Crippen LogP contribution >= 0.6 is 0 Å². The Morgan fingerprint density at radius 3 is 2.65 bits per heavy atom. The smallest absolute Gasteiger partial charge is 0.298 e. The number of rotatable bonds is 1. The maximum atomic E-state index is 13.2. The second-order valence-electron chi connectivity index (χ2n) is 7.69. The number of hydrogen-bond acceptors (Lipinski definition) is 4. The fourth-order valence-corrected chi connectivity index (χ4v) is 4.81. The number of anilines is 1. The third kappa shape index (κ3) is 2.42. The largest absolute Gasteiger partial charge is 0.320 e. The Kier molecular flexibility index (Phi) is 3.71. The van der Waals surface area contributed by atoms with Crippen molar-refractivity contribution in [2.75, 3.05) is 18.0 Å². The van der Waals surface area contributed by atoms with Crippen LogP contribution in [0.5, 0.6) is 0 Å². The Morgan fingerprint density at radius 2 is 1.85 bits per heavy atom. The Balaban J connectivity index is 1.61. The van der Waals surface area contributed by atoms with E-state index >= 15 is 0 Å². The molecular formula is C21H24N4O. The number of carbonyl (C=O) groups excluding carboxylic acids is 1. The Labute approximate surface area is 154 Å². The zero-order chi connectivity index (χ0) is 17.6. The molecular weight excluding hydrogens is 324 g/mol. The molecule has 0 saturated heterocycles. The molecule has 1 amide bonds. The van der Waals surface area contributed by atoms with Gasteiger partial charge in [0.1, 0.15) is 0 Å². The molecule has 1 aliphatic carbocycles. The van der Waals surface area contributed by atoms with Crippen LogP contribution in [0.4, 0.5) is 5.69 Å². The number of hydrogen-bond donors (Lipinski definition) is 1. The first-order valence-electron chi connectivity index (χ1n) is 9.64. The lowest BCUT2D eigenvalue weighted by Crippen LogP contribution is -2.60. The molecule has 134 valence electrons. The van der Waals surface area contributed by atoms with Crippen LogP contribution in [0.15, 0.2) is 59.0 Å². The average Bonchev–Trinajstić information content (AvgIpc) is 2.70. The van der Waals surface area contributed by atoms with Crippen LogP contribution in [0.25, 0.3) is 0 Å². The molecule has 0 atom stereocenters. The van der Waals surface area contributed by atoms with Gasteiger partial charge in [-0.05, 0) is 31.1 Å². The molecule has 5 heteroatoms. The number of para-hydroxylation sites is 1. The molecule has 1 N–H and O–H groups in total. The minimum absolute atomic E-state index is 0.0271. The molecule has 5 rings (SSSR count). The van der Waals surface area contributed by atoms with Crippen molar-refractivity contribution >= 4 is 17.4 Å². The van der Waals surface area contributed by atoms with Crippen LogP contribution in [-0.4, -0.2) is 35.3 Å².